The second-order valence-electron chi connectivity index (χ2n) is 5.13. The van der Waals surface area contributed by atoms with E-state index in [1.54, 1.807) is 25.6 Å². The molecule has 2 rings (SSSR count). The SMILES string of the molecule is COCCN(CCOC)c1nc(C)c(CNC2CC2)s1. The average Bonchev–Trinajstić information content (AvgIpc) is 3.20. The third-order valence-electron chi connectivity index (χ3n) is 3.41. The minimum absolute atomic E-state index is 0.706. The Morgan fingerprint density at radius 1 is 1.25 bits per heavy atom. The summed E-state index contributed by atoms with van der Waals surface area (Å²) in [6.45, 7) is 6.14. The maximum absolute atomic E-state index is 5.18. The average molecular weight is 299 g/mol. The van der Waals surface area contributed by atoms with Gasteiger partial charge in [-0.05, 0) is 19.8 Å². The molecule has 114 valence electrons. The van der Waals surface area contributed by atoms with Crippen LogP contribution in [-0.2, 0) is 16.0 Å². The fraction of sp³-hybridized carbons (Fsp3) is 0.786. The van der Waals surface area contributed by atoms with Gasteiger partial charge < -0.3 is 19.7 Å². The predicted molar refractivity (Wildman–Crippen MR) is 82.7 cm³/mol. The van der Waals surface area contributed by atoms with Crippen molar-refractivity contribution in [1.82, 2.24) is 10.3 Å². The molecule has 20 heavy (non-hydrogen) atoms. The molecule has 0 radical (unpaired) electrons. The Balaban J connectivity index is 1.96. The molecule has 1 fully saturated rings. The molecule has 0 saturated heterocycles. The maximum Gasteiger partial charge on any atom is 0.185 e. The number of aromatic nitrogens is 1. The molecular weight excluding hydrogens is 274 g/mol. The van der Waals surface area contributed by atoms with Crippen molar-refractivity contribution in [2.45, 2.75) is 32.4 Å². The van der Waals surface area contributed by atoms with Crippen LogP contribution < -0.4 is 10.2 Å². The molecule has 0 spiro atoms. The van der Waals surface area contributed by atoms with Crippen molar-refractivity contribution in [2.24, 2.45) is 0 Å². The molecule has 1 saturated carbocycles. The molecule has 1 N–H and O–H groups in total. The van der Waals surface area contributed by atoms with Gasteiger partial charge in [0.1, 0.15) is 0 Å². The Hall–Kier alpha value is -0.690. The first-order valence-electron chi connectivity index (χ1n) is 7.17. The van der Waals surface area contributed by atoms with Crippen LogP contribution in [0.3, 0.4) is 0 Å². The Labute approximate surface area is 125 Å². The van der Waals surface area contributed by atoms with E-state index >= 15 is 0 Å². The monoisotopic (exact) mass is 299 g/mol. The summed E-state index contributed by atoms with van der Waals surface area (Å²) in [5.74, 6) is 0. The van der Waals surface area contributed by atoms with E-state index < -0.39 is 0 Å². The van der Waals surface area contributed by atoms with Crippen LogP contribution in [0.1, 0.15) is 23.4 Å². The van der Waals surface area contributed by atoms with Crippen LogP contribution in [0.4, 0.5) is 5.13 Å². The van der Waals surface area contributed by atoms with Crippen LogP contribution in [0.2, 0.25) is 0 Å². The van der Waals surface area contributed by atoms with Crippen LogP contribution in [0, 0.1) is 6.92 Å². The lowest BCUT2D eigenvalue weighted by atomic mass is 10.4. The number of anilines is 1. The highest BCUT2D eigenvalue weighted by atomic mass is 32.1. The van der Waals surface area contributed by atoms with E-state index in [0.29, 0.717) is 13.2 Å². The van der Waals surface area contributed by atoms with Crippen molar-refractivity contribution < 1.29 is 9.47 Å². The van der Waals surface area contributed by atoms with Crippen LogP contribution in [0.25, 0.3) is 0 Å². The first-order valence-corrected chi connectivity index (χ1v) is 7.98. The summed E-state index contributed by atoms with van der Waals surface area (Å²) in [5.41, 5.74) is 1.14. The second kappa shape index (κ2) is 7.93. The van der Waals surface area contributed by atoms with E-state index in [2.05, 4.69) is 17.1 Å². The third kappa shape index (κ3) is 4.70. The van der Waals surface area contributed by atoms with Gasteiger partial charge in [-0.3, -0.25) is 0 Å². The highest BCUT2D eigenvalue weighted by Gasteiger charge is 2.21. The molecule has 6 heteroatoms. The lowest BCUT2D eigenvalue weighted by Crippen LogP contribution is -2.30. The second-order valence-corrected chi connectivity index (χ2v) is 6.19. The Kier molecular flexibility index (Phi) is 6.22. The smallest absolute Gasteiger partial charge is 0.185 e. The van der Waals surface area contributed by atoms with E-state index in [-0.39, 0.29) is 0 Å². The van der Waals surface area contributed by atoms with E-state index in [0.717, 1.165) is 36.5 Å². The predicted octanol–water partition coefficient (Wildman–Crippen LogP) is 1.80. The number of rotatable bonds is 10. The maximum atomic E-state index is 5.18. The highest BCUT2D eigenvalue weighted by Crippen LogP contribution is 2.27. The van der Waals surface area contributed by atoms with Gasteiger partial charge in [-0.25, -0.2) is 4.98 Å². The summed E-state index contributed by atoms with van der Waals surface area (Å²) in [6, 6.07) is 0.734. The molecule has 1 aliphatic rings. The lowest BCUT2D eigenvalue weighted by Gasteiger charge is -2.20. The summed E-state index contributed by atoms with van der Waals surface area (Å²) in [4.78, 5) is 8.29. The van der Waals surface area contributed by atoms with E-state index in [1.807, 2.05) is 0 Å². The summed E-state index contributed by atoms with van der Waals surface area (Å²) < 4.78 is 10.4. The van der Waals surface area contributed by atoms with E-state index in [4.69, 9.17) is 14.5 Å². The molecule has 1 aromatic rings. The summed E-state index contributed by atoms with van der Waals surface area (Å²) >= 11 is 1.78. The number of hydrogen-bond acceptors (Lipinski definition) is 6. The Morgan fingerprint density at radius 3 is 2.45 bits per heavy atom. The fourth-order valence-corrected chi connectivity index (χ4v) is 3.01. The molecule has 0 bridgehead atoms. The molecule has 1 heterocycles. The van der Waals surface area contributed by atoms with Crippen LogP contribution in [-0.4, -0.2) is 51.5 Å². The van der Waals surface area contributed by atoms with Gasteiger partial charge in [-0.2, -0.15) is 0 Å². The van der Waals surface area contributed by atoms with Gasteiger partial charge in [0.05, 0.1) is 18.9 Å². The molecular formula is C14H25N3O2S. The topological polar surface area (TPSA) is 46.6 Å². The fourth-order valence-electron chi connectivity index (χ4n) is 1.94. The molecule has 0 amide bonds. The largest absolute Gasteiger partial charge is 0.383 e. The quantitative estimate of drug-likeness (QED) is 0.714. The summed E-state index contributed by atoms with van der Waals surface area (Å²) in [7, 11) is 3.46. The van der Waals surface area contributed by atoms with Gasteiger partial charge in [0.2, 0.25) is 0 Å². The zero-order chi connectivity index (χ0) is 14.4. The van der Waals surface area contributed by atoms with Crippen molar-refractivity contribution in [2.75, 3.05) is 45.4 Å². The minimum atomic E-state index is 0.706. The van der Waals surface area contributed by atoms with Gasteiger partial charge in [0.25, 0.3) is 0 Å². The number of aryl methyl sites for hydroxylation is 1. The number of methoxy groups -OCH3 is 2. The normalized spacial score (nSPS) is 14.8. The molecule has 0 unspecified atom stereocenters. The third-order valence-corrected chi connectivity index (χ3v) is 4.63. The van der Waals surface area contributed by atoms with Gasteiger partial charge in [0, 0.05) is 44.8 Å². The summed E-state index contributed by atoms with van der Waals surface area (Å²) in [5, 5.41) is 4.63. The number of nitrogens with one attached hydrogen (secondary N) is 1. The van der Waals surface area contributed by atoms with Gasteiger partial charge in [0.15, 0.2) is 5.13 Å². The van der Waals surface area contributed by atoms with Crippen LogP contribution in [0.5, 0.6) is 0 Å². The van der Waals surface area contributed by atoms with Gasteiger partial charge in [-0.15, -0.1) is 11.3 Å². The zero-order valence-electron chi connectivity index (χ0n) is 12.6. The number of thiazole rings is 1. The number of nitrogens with zero attached hydrogens (tertiary/aromatic N) is 2. The summed E-state index contributed by atoms with van der Waals surface area (Å²) in [6.07, 6.45) is 2.64. The van der Waals surface area contributed by atoms with Crippen LogP contribution >= 0.6 is 11.3 Å². The van der Waals surface area contributed by atoms with E-state index in [9.17, 15) is 0 Å². The molecule has 0 aliphatic heterocycles. The molecule has 0 atom stereocenters. The number of ether oxygens (including phenoxy) is 2. The first kappa shape index (κ1) is 15.7. The molecule has 0 aromatic carbocycles. The van der Waals surface area contributed by atoms with Gasteiger partial charge >= 0.3 is 0 Å². The molecule has 1 aromatic heterocycles. The van der Waals surface area contributed by atoms with Crippen molar-refractivity contribution >= 4 is 16.5 Å². The highest BCUT2D eigenvalue weighted by molar-refractivity contribution is 7.15. The Morgan fingerprint density at radius 2 is 1.90 bits per heavy atom. The van der Waals surface area contributed by atoms with Crippen molar-refractivity contribution in [3.63, 3.8) is 0 Å². The zero-order valence-corrected chi connectivity index (χ0v) is 13.5. The van der Waals surface area contributed by atoms with Gasteiger partial charge in [-0.1, -0.05) is 0 Å². The lowest BCUT2D eigenvalue weighted by molar-refractivity contribution is 0.190. The van der Waals surface area contributed by atoms with Crippen molar-refractivity contribution in [3.8, 4) is 0 Å². The molecule has 1 aliphatic carbocycles. The standard InChI is InChI=1S/C14H25N3O2S/c1-11-13(10-15-12-4-5-12)20-14(16-11)17(6-8-18-2)7-9-19-3/h12,15H,4-10H2,1-3H3. The minimum Gasteiger partial charge on any atom is -0.383 e. The molecule has 5 nitrogen and oxygen atoms in total. The Bertz CT molecular complexity index is 399. The van der Waals surface area contributed by atoms with Crippen LogP contribution in [0.15, 0.2) is 0 Å². The van der Waals surface area contributed by atoms with Crippen molar-refractivity contribution in [1.29, 1.82) is 0 Å². The van der Waals surface area contributed by atoms with Crippen molar-refractivity contribution in [3.05, 3.63) is 10.6 Å². The van der Waals surface area contributed by atoms with E-state index in [1.165, 1.54) is 17.7 Å². The first-order chi connectivity index (χ1) is 9.74. The number of hydrogen-bond donors (Lipinski definition) is 1.